The second kappa shape index (κ2) is 5.49. The van der Waals surface area contributed by atoms with Crippen LogP contribution in [0.4, 0.5) is 5.69 Å². The van der Waals surface area contributed by atoms with E-state index in [4.69, 9.17) is 4.74 Å². The predicted molar refractivity (Wildman–Crippen MR) is 78.2 cm³/mol. The second-order valence-electron chi connectivity index (χ2n) is 5.52. The van der Waals surface area contributed by atoms with Gasteiger partial charge in [-0.2, -0.15) is 0 Å². The summed E-state index contributed by atoms with van der Waals surface area (Å²) in [5, 5.41) is 2.91. The number of hydrogen-bond acceptors (Lipinski definition) is 3. The molecule has 0 spiro atoms. The lowest BCUT2D eigenvalue weighted by Crippen LogP contribution is -2.37. The average Bonchev–Trinajstić information content (AvgIpc) is 2.38. The third-order valence-electron chi connectivity index (χ3n) is 3.32. The van der Waals surface area contributed by atoms with E-state index in [9.17, 15) is 9.59 Å². The summed E-state index contributed by atoms with van der Waals surface area (Å²) in [6, 6.07) is 5.73. The van der Waals surface area contributed by atoms with Crippen LogP contribution < -0.4 is 5.32 Å². The Kier molecular flexibility index (Phi) is 3.93. The molecule has 1 aliphatic rings. The van der Waals surface area contributed by atoms with Crippen molar-refractivity contribution < 1.29 is 14.3 Å². The third kappa shape index (κ3) is 3.07. The normalized spacial score (nSPS) is 16.6. The molecule has 1 aromatic carbocycles. The van der Waals surface area contributed by atoms with Crippen LogP contribution in [0.25, 0.3) is 6.08 Å². The molecule has 4 heteroatoms. The lowest BCUT2D eigenvalue weighted by atomic mass is 9.81. The predicted octanol–water partition coefficient (Wildman–Crippen LogP) is 2.78. The van der Waals surface area contributed by atoms with Gasteiger partial charge in [0.15, 0.2) is 0 Å². The van der Waals surface area contributed by atoms with Crippen LogP contribution in [0.15, 0.2) is 24.3 Å². The van der Waals surface area contributed by atoms with Crippen molar-refractivity contribution in [2.24, 2.45) is 5.41 Å². The Morgan fingerprint density at radius 2 is 2.20 bits per heavy atom. The van der Waals surface area contributed by atoms with E-state index in [1.165, 1.54) is 6.08 Å². The molecule has 1 aliphatic heterocycles. The van der Waals surface area contributed by atoms with Crippen molar-refractivity contribution in [2.75, 3.05) is 11.9 Å². The maximum Gasteiger partial charge on any atom is 0.330 e. The minimum absolute atomic E-state index is 0.0415. The quantitative estimate of drug-likeness (QED) is 0.680. The average molecular weight is 273 g/mol. The van der Waals surface area contributed by atoms with Crippen molar-refractivity contribution >= 4 is 23.6 Å². The van der Waals surface area contributed by atoms with Crippen LogP contribution in [0.3, 0.4) is 0 Å². The second-order valence-corrected chi connectivity index (χ2v) is 5.52. The van der Waals surface area contributed by atoms with Crippen LogP contribution in [-0.4, -0.2) is 18.5 Å². The first kappa shape index (κ1) is 14.3. The van der Waals surface area contributed by atoms with Crippen molar-refractivity contribution in [3.63, 3.8) is 0 Å². The highest BCUT2D eigenvalue weighted by Gasteiger charge is 2.33. The van der Waals surface area contributed by atoms with E-state index in [0.29, 0.717) is 13.0 Å². The summed E-state index contributed by atoms with van der Waals surface area (Å²) in [6.45, 7) is 5.99. The van der Waals surface area contributed by atoms with Gasteiger partial charge in [-0.3, -0.25) is 4.79 Å². The maximum atomic E-state index is 11.9. The molecular formula is C16H19NO3. The molecule has 0 bridgehead atoms. The van der Waals surface area contributed by atoms with Gasteiger partial charge in [0.1, 0.15) is 0 Å². The molecule has 0 saturated heterocycles. The maximum absolute atomic E-state index is 11.9. The van der Waals surface area contributed by atoms with Gasteiger partial charge >= 0.3 is 5.97 Å². The first-order valence-corrected chi connectivity index (χ1v) is 6.71. The number of fused-ring (bicyclic) bond motifs is 1. The molecule has 0 unspecified atom stereocenters. The summed E-state index contributed by atoms with van der Waals surface area (Å²) >= 11 is 0. The highest BCUT2D eigenvalue weighted by molar-refractivity contribution is 5.98. The summed E-state index contributed by atoms with van der Waals surface area (Å²) in [7, 11) is 0. The minimum Gasteiger partial charge on any atom is -0.463 e. The standard InChI is InChI=1S/C16H19NO3/c1-4-20-14(18)8-6-11-5-7-13-12(9-11)10-16(2,3)15(19)17-13/h5-9H,4,10H2,1-3H3,(H,17,19)/b8-6+. The highest BCUT2D eigenvalue weighted by Crippen LogP contribution is 2.33. The van der Waals surface area contributed by atoms with Crippen molar-refractivity contribution in [3.05, 3.63) is 35.4 Å². The number of esters is 1. The highest BCUT2D eigenvalue weighted by atomic mass is 16.5. The number of nitrogens with one attached hydrogen (secondary N) is 1. The van der Waals surface area contributed by atoms with E-state index in [1.54, 1.807) is 13.0 Å². The zero-order valence-corrected chi connectivity index (χ0v) is 12.0. The number of amides is 1. The molecule has 106 valence electrons. The fourth-order valence-corrected chi connectivity index (χ4v) is 2.19. The van der Waals surface area contributed by atoms with Gasteiger partial charge in [0.2, 0.25) is 5.91 Å². The first-order chi connectivity index (χ1) is 9.42. The number of carbonyl (C=O) groups excluding carboxylic acids is 2. The summed E-state index contributed by atoms with van der Waals surface area (Å²) in [4.78, 5) is 23.1. The Labute approximate surface area is 118 Å². The van der Waals surface area contributed by atoms with Crippen molar-refractivity contribution in [1.29, 1.82) is 0 Å². The molecule has 1 heterocycles. The molecule has 1 N–H and O–H groups in total. The largest absolute Gasteiger partial charge is 0.463 e. The molecule has 0 aliphatic carbocycles. The molecule has 1 amide bonds. The molecule has 0 fully saturated rings. The van der Waals surface area contributed by atoms with Gasteiger partial charge in [-0.05, 0) is 42.7 Å². The molecule has 2 rings (SSSR count). The van der Waals surface area contributed by atoms with E-state index in [2.05, 4.69) is 5.32 Å². The number of carbonyl (C=O) groups is 2. The Morgan fingerprint density at radius 3 is 2.90 bits per heavy atom. The van der Waals surface area contributed by atoms with Crippen molar-refractivity contribution in [1.82, 2.24) is 0 Å². The van der Waals surface area contributed by atoms with Crippen LogP contribution in [0.1, 0.15) is 31.9 Å². The van der Waals surface area contributed by atoms with Gasteiger partial charge in [0.25, 0.3) is 0 Å². The number of hydrogen-bond donors (Lipinski definition) is 1. The number of benzene rings is 1. The molecular weight excluding hydrogens is 254 g/mol. The number of rotatable bonds is 3. The van der Waals surface area contributed by atoms with E-state index in [0.717, 1.165) is 16.8 Å². The van der Waals surface area contributed by atoms with E-state index < -0.39 is 5.41 Å². The molecule has 0 atom stereocenters. The smallest absolute Gasteiger partial charge is 0.330 e. The fourth-order valence-electron chi connectivity index (χ4n) is 2.19. The van der Waals surface area contributed by atoms with Gasteiger partial charge in [0, 0.05) is 17.2 Å². The molecule has 0 radical (unpaired) electrons. The lowest BCUT2D eigenvalue weighted by molar-refractivity contribution is -0.137. The van der Waals surface area contributed by atoms with Gasteiger partial charge < -0.3 is 10.1 Å². The zero-order valence-electron chi connectivity index (χ0n) is 12.0. The molecule has 1 aromatic rings. The lowest BCUT2D eigenvalue weighted by Gasteiger charge is -2.30. The Bertz CT molecular complexity index is 573. The fraction of sp³-hybridized carbons (Fsp3) is 0.375. The topological polar surface area (TPSA) is 55.4 Å². The Morgan fingerprint density at radius 1 is 1.45 bits per heavy atom. The molecule has 4 nitrogen and oxygen atoms in total. The summed E-state index contributed by atoms with van der Waals surface area (Å²) in [6.07, 6.45) is 3.83. The first-order valence-electron chi connectivity index (χ1n) is 6.71. The van der Waals surface area contributed by atoms with Crippen molar-refractivity contribution in [2.45, 2.75) is 27.2 Å². The number of anilines is 1. The van der Waals surface area contributed by atoms with Gasteiger partial charge in [-0.1, -0.05) is 19.9 Å². The van der Waals surface area contributed by atoms with E-state index >= 15 is 0 Å². The molecule has 0 aromatic heterocycles. The molecule has 0 saturated carbocycles. The zero-order chi connectivity index (χ0) is 14.8. The summed E-state index contributed by atoms with van der Waals surface area (Å²) in [5.74, 6) is -0.307. The minimum atomic E-state index is -0.406. The van der Waals surface area contributed by atoms with Crippen LogP contribution in [0.5, 0.6) is 0 Å². The van der Waals surface area contributed by atoms with Crippen molar-refractivity contribution in [3.8, 4) is 0 Å². The molecule has 20 heavy (non-hydrogen) atoms. The third-order valence-corrected chi connectivity index (χ3v) is 3.32. The monoisotopic (exact) mass is 273 g/mol. The van der Waals surface area contributed by atoms with E-state index in [1.807, 2.05) is 32.0 Å². The summed E-state index contributed by atoms with van der Waals surface area (Å²) < 4.78 is 4.84. The van der Waals surface area contributed by atoms with Gasteiger partial charge in [-0.15, -0.1) is 0 Å². The van der Waals surface area contributed by atoms with Crippen LogP contribution in [-0.2, 0) is 20.7 Å². The van der Waals surface area contributed by atoms with Crippen LogP contribution in [0.2, 0.25) is 0 Å². The SMILES string of the molecule is CCOC(=O)/C=C/c1ccc2c(c1)CC(C)(C)C(=O)N2. The number of ether oxygens (including phenoxy) is 1. The van der Waals surface area contributed by atoms with Gasteiger partial charge in [0.05, 0.1) is 6.61 Å². The Hall–Kier alpha value is -2.10. The van der Waals surface area contributed by atoms with E-state index in [-0.39, 0.29) is 11.9 Å². The summed E-state index contributed by atoms with van der Waals surface area (Å²) in [5.41, 5.74) is 2.45. The van der Waals surface area contributed by atoms with Crippen LogP contribution in [0, 0.1) is 5.41 Å². The van der Waals surface area contributed by atoms with Gasteiger partial charge in [-0.25, -0.2) is 4.79 Å². The van der Waals surface area contributed by atoms with Crippen LogP contribution >= 0.6 is 0 Å². The Balaban J connectivity index is 2.20.